The van der Waals surface area contributed by atoms with Crippen LogP contribution in [0.15, 0.2) is 18.3 Å². The third kappa shape index (κ3) is 3.28. The van der Waals surface area contributed by atoms with Crippen LogP contribution in [0.25, 0.3) is 11.0 Å². The minimum Gasteiger partial charge on any atom is -0.342 e. The number of fused-ring (bicyclic) bond motifs is 1. The van der Waals surface area contributed by atoms with Gasteiger partial charge in [0.1, 0.15) is 5.65 Å². The van der Waals surface area contributed by atoms with Crippen molar-refractivity contribution in [1.82, 2.24) is 9.97 Å². The van der Waals surface area contributed by atoms with E-state index in [4.69, 9.17) is 5.73 Å². The lowest BCUT2D eigenvalue weighted by molar-refractivity contribution is -0.137. The molecule has 1 atom stereocenters. The van der Waals surface area contributed by atoms with E-state index in [1.165, 1.54) is 0 Å². The van der Waals surface area contributed by atoms with Gasteiger partial charge in [-0.2, -0.15) is 13.2 Å². The van der Waals surface area contributed by atoms with Gasteiger partial charge in [0.15, 0.2) is 0 Å². The van der Waals surface area contributed by atoms with E-state index in [1.54, 1.807) is 13.0 Å². The number of hydrogen-bond donors (Lipinski definition) is 2. The summed E-state index contributed by atoms with van der Waals surface area (Å²) in [6, 6.07) is 2.39. The molecule has 3 nitrogen and oxygen atoms in total. The lowest BCUT2D eigenvalue weighted by Gasteiger charge is -2.04. The lowest BCUT2D eigenvalue weighted by atomic mass is 10.2. The molecular weight excluding hydrogens is 290 g/mol. The first-order chi connectivity index (χ1) is 7.38. The Morgan fingerprint density at radius 3 is 2.39 bits per heavy atom. The van der Waals surface area contributed by atoms with Crippen LogP contribution in [0.4, 0.5) is 13.2 Å². The fourth-order valence-corrected chi connectivity index (χ4v) is 1.44. The molecule has 0 aliphatic heterocycles. The molecule has 0 saturated heterocycles. The quantitative estimate of drug-likeness (QED) is 0.847. The van der Waals surface area contributed by atoms with E-state index in [0.717, 1.165) is 12.3 Å². The minimum atomic E-state index is -4.37. The molecule has 2 aromatic heterocycles. The molecule has 0 bridgehead atoms. The van der Waals surface area contributed by atoms with Crippen LogP contribution in [0.5, 0.6) is 0 Å². The van der Waals surface area contributed by atoms with Gasteiger partial charge in [-0.3, -0.25) is 0 Å². The molecule has 2 rings (SSSR count). The van der Waals surface area contributed by atoms with Crippen molar-refractivity contribution in [3.63, 3.8) is 0 Å². The SMILES string of the molecule is CC(N)c1cc2cc(C(F)(F)F)cnc2[nH]1.Cl.Cl. The zero-order chi connectivity index (χ0) is 11.9. The number of halogens is 5. The average Bonchev–Trinajstić information content (AvgIpc) is 2.58. The first-order valence-electron chi connectivity index (χ1n) is 4.69. The summed E-state index contributed by atoms with van der Waals surface area (Å²) in [6.07, 6.45) is -3.56. The predicted octanol–water partition coefficient (Wildman–Crippen LogP) is 3.45. The molecule has 102 valence electrons. The Labute approximate surface area is 114 Å². The second-order valence-electron chi connectivity index (χ2n) is 3.67. The number of aromatic nitrogens is 2. The monoisotopic (exact) mass is 301 g/mol. The zero-order valence-electron chi connectivity index (χ0n) is 9.28. The second kappa shape index (κ2) is 5.77. The normalized spacial score (nSPS) is 12.7. The first-order valence-corrected chi connectivity index (χ1v) is 4.69. The third-order valence-corrected chi connectivity index (χ3v) is 2.31. The molecule has 0 aliphatic rings. The minimum absolute atomic E-state index is 0. The zero-order valence-corrected chi connectivity index (χ0v) is 10.9. The largest absolute Gasteiger partial charge is 0.417 e. The van der Waals surface area contributed by atoms with Crippen LogP contribution in [0, 0.1) is 0 Å². The van der Waals surface area contributed by atoms with Crippen LogP contribution in [-0.4, -0.2) is 9.97 Å². The molecule has 2 aromatic rings. The van der Waals surface area contributed by atoms with Crippen LogP contribution >= 0.6 is 24.8 Å². The van der Waals surface area contributed by atoms with Crippen molar-refractivity contribution >= 4 is 35.8 Å². The van der Waals surface area contributed by atoms with Gasteiger partial charge in [0.2, 0.25) is 0 Å². The number of nitrogens with one attached hydrogen (secondary N) is 1. The summed E-state index contributed by atoms with van der Waals surface area (Å²) in [5, 5.41) is 0.419. The maximum Gasteiger partial charge on any atom is 0.417 e. The number of rotatable bonds is 1. The summed E-state index contributed by atoms with van der Waals surface area (Å²) in [5.74, 6) is 0. The number of alkyl halides is 3. The maximum absolute atomic E-state index is 12.4. The highest BCUT2D eigenvalue weighted by atomic mass is 35.5. The van der Waals surface area contributed by atoms with E-state index in [9.17, 15) is 13.2 Å². The molecular formula is C10H12Cl2F3N3. The standard InChI is InChI=1S/C10H10F3N3.2ClH/c1-5(14)8-3-6-2-7(10(11,12)13)4-15-9(6)16-8;;/h2-5H,14H2,1H3,(H,15,16);2*1H. The van der Waals surface area contributed by atoms with Crippen molar-refractivity contribution in [2.75, 3.05) is 0 Å². The van der Waals surface area contributed by atoms with Crippen molar-refractivity contribution in [1.29, 1.82) is 0 Å². The predicted molar refractivity (Wildman–Crippen MR) is 68.2 cm³/mol. The van der Waals surface area contributed by atoms with Crippen molar-refractivity contribution in [2.24, 2.45) is 5.73 Å². The van der Waals surface area contributed by atoms with E-state index >= 15 is 0 Å². The fraction of sp³-hybridized carbons (Fsp3) is 0.300. The van der Waals surface area contributed by atoms with Gasteiger partial charge in [-0.05, 0) is 19.1 Å². The smallest absolute Gasteiger partial charge is 0.342 e. The van der Waals surface area contributed by atoms with Gasteiger partial charge < -0.3 is 10.7 Å². The molecule has 0 amide bonds. The summed E-state index contributed by atoms with van der Waals surface area (Å²) in [7, 11) is 0. The molecule has 0 saturated carbocycles. The van der Waals surface area contributed by atoms with Gasteiger partial charge in [0.05, 0.1) is 5.56 Å². The average molecular weight is 302 g/mol. The molecule has 0 spiro atoms. The molecule has 0 aliphatic carbocycles. The molecule has 3 N–H and O–H groups in total. The Kier molecular flexibility index (Phi) is 5.46. The second-order valence-corrected chi connectivity index (χ2v) is 3.67. The molecule has 0 aromatic carbocycles. The number of H-pyrrole nitrogens is 1. The summed E-state index contributed by atoms with van der Waals surface area (Å²) in [6.45, 7) is 1.75. The molecule has 0 radical (unpaired) electrons. The summed E-state index contributed by atoms with van der Waals surface area (Å²) >= 11 is 0. The van der Waals surface area contributed by atoms with Gasteiger partial charge >= 0.3 is 6.18 Å². The number of nitrogens with zero attached hydrogens (tertiary/aromatic N) is 1. The molecule has 1 unspecified atom stereocenters. The number of hydrogen-bond acceptors (Lipinski definition) is 2. The first kappa shape index (κ1) is 17.0. The topological polar surface area (TPSA) is 54.7 Å². The van der Waals surface area contributed by atoms with E-state index in [-0.39, 0.29) is 30.9 Å². The van der Waals surface area contributed by atoms with E-state index in [2.05, 4.69) is 9.97 Å². The van der Waals surface area contributed by atoms with Crippen molar-refractivity contribution < 1.29 is 13.2 Å². The van der Waals surface area contributed by atoms with E-state index in [0.29, 0.717) is 16.7 Å². The van der Waals surface area contributed by atoms with Crippen molar-refractivity contribution in [2.45, 2.75) is 19.1 Å². The van der Waals surface area contributed by atoms with Gasteiger partial charge in [-0.25, -0.2) is 4.98 Å². The van der Waals surface area contributed by atoms with Crippen LogP contribution in [0.2, 0.25) is 0 Å². The summed E-state index contributed by atoms with van der Waals surface area (Å²) in [5.41, 5.74) is 5.95. The summed E-state index contributed by atoms with van der Waals surface area (Å²) in [4.78, 5) is 6.59. The Balaban J connectivity index is 0.00000144. The molecule has 8 heteroatoms. The van der Waals surface area contributed by atoms with Gasteiger partial charge in [0.25, 0.3) is 0 Å². The van der Waals surface area contributed by atoms with Crippen LogP contribution < -0.4 is 5.73 Å². The Hall–Kier alpha value is -0.980. The number of nitrogens with two attached hydrogens (primary N) is 1. The summed E-state index contributed by atoms with van der Waals surface area (Å²) < 4.78 is 37.2. The lowest BCUT2D eigenvalue weighted by Crippen LogP contribution is -2.05. The highest BCUT2D eigenvalue weighted by Gasteiger charge is 2.31. The number of aromatic amines is 1. The van der Waals surface area contributed by atoms with Gasteiger partial charge in [-0.15, -0.1) is 24.8 Å². The van der Waals surface area contributed by atoms with Gasteiger partial charge in [0, 0.05) is 23.3 Å². The van der Waals surface area contributed by atoms with Gasteiger partial charge in [-0.1, -0.05) is 0 Å². The maximum atomic E-state index is 12.4. The van der Waals surface area contributed by atoms with E-state index < -0.39 is 11.7 Å². The number of pyridine rings is 1. The highest BCUT2D eigenvalue weighted by Crippen LogP contribution is 2.30. The Morgan fingerprint density at radius 2 is 1.89 bits per heavy atom. The molecule has 18 heavy (non-hydrogen) atoms. The van der Waals surface area contributed by atoms with Crippen molar-refractivity contribution in [3.8, 4) is 0 Å². The highest BCUT2D eigenvalue weighted by molar-refractivity contribution is 5.85. The van der Waals surface area contributed by atoms with E-state index in [1.807, 2.05) is 0 Å². The van der Waals surface area contributed by atoms with Crippen LogP contribution in [0.1, 0.15) is 24.2 Å². The Morgan fingerprint density at radius 1 is 1.28 bits per heavy atom. The molecule has 0 fully saturated rings. The third-order valence-electron chi connectivity index (χ3n) is 2.31. The molecule has 2 heterocycles. The van der Waals surface area contributed by atoms with Crippen LogP contribution in [-0.2, 0) is 6.18 Å². The fourth-order valence-electron chi connectivity index (χ4n) is 1.44. The Bertz CT molecular complexity index is 523. The van der Waals surface area contributed by atoms with Crippen molar-refractivity contribution in [3.05, 3.63) is 29.6 Å². The van der Waals surface area contributed by atoms with Crippen LogP contribution in [0.3, 0.4) is 0 Å².